The Kier molecular flexibility index (Phi) is 4.57. The second-order valence-electron chi connectivity index (χ2n) is 5.31. The first-order valence-corrected chi connectivity index (χ1v) is 8.64. The number of benzene rings is 2. The molecule has 2 aromatic carbocycles. The highest BCUT2D eigenvalue weighted by Crippen LogP contribution is 2.36. The van der Waals surface area contributed by atoms with E-state index < -0.39 is 39.0 Å². The molecular weight excluding hydrogens is 373 g/mol. The van der Waals surface area contributed by atoms with Gasteiger partial charge in [-0.1, -0.05) is 11.2 Å². The molecule has 26 heavy (non-hydrogen) atoms. The van der Waals surface area contributed by atoms with Crippen LogP contribution in [-0.2, 0) is 16.6 Å². The summed E-state index contributed by atoms with van der Waals surface area (Å²) in [6.07, 6.45) is 0. The highest BCUT2D eigenvalue weighted by molar-refractivity contribution is 7.89. The van der Waals surface area contributed by atoms with Crippen LogP contribution < -0.4 is 5.14 Å². The van der Waals surface area contributed by atoms with Gasteiger partial charge in [0, 0.05) is 5.56 Å². The minimum atomic E-state index is -4.26. The van der Waals surface area contributed by atoms with Crippen molar-refractivity contribution < 1.29 is 31.2 Å². The van der Waals surface area contributed by atoms with E-state index in [0.717, 1.165) is 24.3 Å². The molecule has 0 aliphatic heterocycles. The largest absolute Gasteiger partial charge is 0.388 e. The molecule has 10 heteroatoms. The van der Waals surface area contributed by atoms with Crippen molar-refractivity contribution in [1.29, 1.82) is 0 Å². The van der Waals surface area contributed by atoms with Crippen LogP contribution in [0.4, 0.5) is 13.2 Å². The molecule has 0 aliphatic rings. The molecule has 3 rings (SSSR count). The molecular formula is C16H11F3N2O4S. The first-order valence-electron chi connectivity index (χ1n) is 7.10. The van der Waals surface area contributed by atoms with E-state index in [0.29, 0.717) is 0 Å². The van der Waals surface area contributed by atoms with E-state index in [-0.39, 0.29) is 28.1 Å². The smallest absolute Gasteiger partial charge is 0.240 e. The molecule has 1 heterocycles. The van der Waals surface area contributed by atoms with Gasteiger partial charge in [0.05, 0.1) is 5.56 Å². The summed E-state index contributed by atoms with van der Waals surface area (Å²) in [5, 5.41) is 18.0. The predicted octanol–water partition coefficient (Wildman–Crippen LogP) is 2.57. The fourth-order valence-electron chi connectivity index (χ4n) is 2.46. The van der Waals surface area contributed by atoms with Gasteiger partial charge in [0.1, 0.15) is 23.0 Å². The van der Waals surface area contributed by atoms with Gasteiger partial charge in [-0.05, 0) is 35.9 Å². The monoisotopic (exact) mass is 384 g/mol. The van der Waals surface area contributed by atoms with E-state index in [4.69, 9.17) is 9.66 Å². The SMILES string of the molecule is NS(=O)(=O)c1ccc(-c2c(-c3ccc(F)c(F)c3)noc2CO)cc1F. The molecule has 0 atom stereocenters. The fourth-order valence-corrected chi connectivity index (χ4v) is 3.05. The molecule has 0 unspecified atom stereocenters. The molecule has 0 bridgehead atoms. The third-order valence-corrected chi connectivity index (χ3v) is 4.57. The van der Waals surface area contributed by atoms with Gasteiger partial charge in [0.2, 0.25) is 10.0 Å². The Morgan fingerprint density at radius 3 is 2.23 bits per heavy atom. The molecule has 6 nitrogen and oxygen atoms in total. The van der Waals surface area contributed by atoms with Crippen LogP contribution in [0.1, 0.15) is 5.76 Å². The normalized spacial score (nSPS) is 11.7. The standard InChI is InChI=1S/C16H11F3N2O4S/c17-10-3-1-9(6-11(10)18)16-15(13(7-22)25-21-16)8-2-4-14(12(19)5-8)26(20,23)24/h1-6,22H,7H2,(H2,20,23,24). The highest BCUT2D eigenvalue weighted by Gasteiger charge is 2.22. The molecule has 0 amide bonds. The summed E-state index contributed by atoms with van der Waals surface area (Å²) in [5.41, 5.74) is 0.368. The number of nitrogens with zero attached hydrogens (tertiary/aromatic N) is 1. The third kappa shape index (κ3) is 3.21. The summed E-state index contributed by atoms with van der Waals surface area (Å²) in [4.78, 5) is -0.711. The summed E-state index contributed by atoms with van der Waals surface area (Å²) in [7, 11) is -4.26. The van der Waals surface area contributed by atoms with Gasteiger partial charge in [-0.2, -0.15) is 0 Å². The Morgan fingerprint density at radius 1 is 1.00 bits per heavy atom. The van der Waals surface area contributed by atoms with Gasteiger partial charge in [-0.25, -0.2) is 26.7 Å². The van der Waals surface area contributed by atoms with Crippen LogP contribution in [0.25, 0.3) is 22.4 Å². The van der Waals surface area contributed by atoms with Crippen LogP contribution in [0, 0.1) is 17.5 Å². The lowest BCUT2D eigenvalue weighted by Crippen LogP contribution is -2.14. The first-order chi connectivity index (χ1) is 12.2. The van der Waals surface area contributed by atoms with Crippen LogP contribution in [-0.4, -0.2) is 18.7 Å². The molecule has 136 valence electrons. The van der Waals surface area contributed by atoms with E-state index in [2.05, 4.69) is 5.16 Å². The second kappa shape index (κ2) is 6.56. The number of hydrogen-bond acceptors (Lipinski definition) is 5. The summed E-state index contributed by atoms with van der Waals surface area (Å²) < 4.78 is 68.4. The van der Waals surface area contributed by atoms with Gasteiger partial charge in [-0.15, -0.1) is 0 Å². The topological polar surface area (TPSA) is 106 Å². The van der Waals surface area contributed by atoms with Crippen LogP contribution >= 0.6 is 0 Å². The number of aromatic nitrogens is 1. The zero-order valence-electron chi connectivity index (χ0n) is 12.9. The molecule has 0 spiro atoms. The van der Waals surface area contributed by atoms with Crippen molar-refractivity contribution in [3.8, 4) is 22.4 Å². The Hall–Kier alpha value is -2.69. The number of sulfonamides is 1. The second-order valence-corrected chi connectivity index (χ2v) is 6.84. The Bertz CT molecular complexity index is 1100. The maximum absolute atomic E-state index is 14.1. The first kappa shape index (κ1) is 18.1. The van der Waals surface area contributed by atoms with Crippen molar-refractivity contribution in [2.75, 3.05) is 0 Å². The maximum Gasteiger partial charge on any atom is 0.240 e. The van der Waals surface area contributed by atoms with Crippen LogP contribution in [0.15, 0.2) is 45.8 Å². The van der Waals surface area contributed by atoms with E-state index in [9.17, 15) is 26.7 Å². The van der Waals surface area contributed by atoms with Crippen molar-refractivity contribution in [2.24, 2.45) is 5.14 Å². The van der Waals surface area contributed by atoms with Gasteiger partial charge >= 0.3 is 0 Å². The number of aliphatic hydroxyl groups is 1. The van der Waals surface area contributed by atoms with E-state index >= 15 is 0 Å². The zero-order chi connectivity index (χ0) is 19.1. The van der Waals surface area contributed by atoms with E-state index in [1.807, 2.05) is 0 Å². The van der Waals surface area contributed by atoms with Crippen molar-refractivity contribution in [2.45, 2.75) is 11.5 Å². The molecule has 0 fully saturated rings. The molecule has 0 radical (unpaired) electrons. The van der Waals surface area contributed by atoms with Gasteiger partial charge in [-0.3, -0.25) is 0 Å². The van der Waals surface area contributed by atoms with Crippen molar-refractivity contribution in [3.05, 3.63) is 59.6 Å². The van der Waals surface area contributed by atoms with Crippen LogP contribution in [0.2, 0.25) is 0 Å². The summed E-state index contributed by atoms with van der Waals surface area (Å²) in [6.45, 7) is -0.607. The number of rotatable bonds is 4. The summed E-state index contributed by atoms with van der Waals surface area (Å²) in [5.74, 6) is -3.37. The number of nitrogens with two attached hydrogens (primary N) is 1. The number of hydrogen-bond donors (Lipinski definition) is 2. The van der Waals surface area contributed by atoms with Gasteiger partial charge in [0.25, 0.3) is 0 Å². The molecule has 1 aromatic heterocycles. The average Bonchev–Trinajstić information content (AvgIpc) is 3.00. The van der Waals surface area contributed by atoms with E-state index in [1.165, 1.54) is 12.1 Å². The Labute approximate surface area is 145 Å². The van der Waals surface area contributed by atoms with Gasteiger partial charge in [0.15, 0.2) is 17.4 Å². The van der Waals surface area contributed by atoms with Gasteiger partial charge < -0.3 is 9.63 Å². The summed E-state index contributed by atoms with van der Waals surface area (Å²) >= 11 is 0. The zero-order valence-corrected chi connectivity index (χ0v) is 13.7. The lowest BCUT2D eigenvalue weighted by atomic mass is 9.99. The summed E-state index contributed by atoms with van der Waals surface area (Å²) in [6, 6.07) is 6.03. The molecule has 0 saturated heterocycles. The quantitative estimate of drug-likeness (QED) is 0.719. The molecule has 0 saturated carbocycles. The molecule has 3 aromatic rings. The fraction of sp³-hybridized carbons (Fsp3) is 0.0625. The Balaban J connectivity index is 2.20. The van der Waals surface area contributed by atoms with Crippen LogP contribution in [0.3, 0.4) is 0 Å². The average molecular weight is 384 g/mol. The number of aliphatic hydroxyl groups excluding tert-OH is 1. The maximum atomic E-state index is 14.1. The number of halogens is 3. The Morgan fingerprint density at radius 2 is 1.65 bits per heavy atom. The lowest BCUT2D eigenvalue weighted by molar-refractivity contribution is 0.230. The molecule has 3 N–H and O–H groups in total. The van der Waals surface area contributed by atoms with E-state index in [1.54, 1.807) is 0 Å². The van der Waals surface area contributed by atoms with Crippen molar-refractivity contribution in [3.63, 3.8) is 0 Å². The van der Waals surface area contributed by atoms with Crippen molar-refractivity contribution in [1.82, 2.24) is 5.16 Å². The lowest BCUT2D eigenvalue weighted by Gasteiger charge is -2.07. The molecule has 0 aliphatic carbocycles. The minimum Gasteiger partial charge on any atom is -0.388 e. The highest BCUT2D eigenvalue weighted by atomic mass is 32.2. The number of primary sulfonamides is 1. The van der Waals surface area contributed by atoms with Crippen molar-refractivity contribution >= 4 is 10.0 Å². The predicted molar refractivity (Wildman–Crippen MR) is 84.5 cm³/mol. The third-order valence-electron chi connectivity index (χ3n) is 3.63. The minimum absolute atomic E-state index is 0.0238. The van der Waals surface area contributed by atoms with Crippen LogP contribution in [0.5, 0.6) is 0 Å².